The van der Waals surface area contributed by atoms with E-state index in [-0.39, 0.29) is 0 Å². The van der Waals surface area contributed by atoms with Crippen LogP contribution in [0, 0.1) is 16.5 Å². The number of aromatic nitrogens is 2. The molecule has 1 saturated carbocycles. The van der Waals surface area contributed by atoms with E-state index in [4.69, 9.17) is 12.2 Å². The van der Waals surface area contributed by atoms with Crippen molar-refractivity contribution in [1.29, 1.82) is 0 Å². The van der Waals surface area contributed by atoms with E-state index in [1.807, 2.05) is 6.07 Å². The standard InChI is InChI=1S/C17H28N2S/c1-4-5-13-6-8-14(9-7-13)17-18-15(10-12(2)3)11-16(20)19-17/h11-14H,4-10H2,1-3H3,(H,18,19,20). The molecule has 2 rings (SSSR count). The summed E-state index contributed by atoms with van der Waals surface area (Å²) in [7, 11) is 0. The molecule has 1 aromatic heterocycles. The van der Waals surface area contributed by atoms with Gasteiger partial charge < -0.3 is 4.98 Å². The van der Waals surface area contributed by atoms with Gasteiger partial charge in [0, 0.05) is 11.6 Å². The Morgan fingerprint density at radius 3 is 2.60 bits per heavy atom. The van der Waals surface area contributed by atoms with E-state index in [1.165, 1.54) is 44.2 Å². The van der Waals surface area contributed by atoms with Gasteiger partial charge in [0.15, 0.2) is 0 Å². The summed E-state index contributed by atoms with van der Waals surface area (Å²) in [6.45, 7) is 6.78. The molecular formula is C17H28N2S. The third kappa shape index (κ3) is 4.41. The summed E-state index contributed by atoms with van der Waals surface area (Å²) >= 11 is 5.34. The van der Waals surface area contributed by atoms with E-state index in [0.717, 1.165) is 22.8 Å². The lowest BCUT2D eigenvalue weighted by Gasteiger charge is -2.28. The largest absolute Gasteiger partial charge is 0.347 e. The summed E-state index contributed by atoms with van der Waals surface area (Å²) in [5.41, 5.74) is 1.26. The first-order valence-electron chi connectivity index (χ1n) is 8.18. The fourth-order valence-electron chi connectivity index (χ4n) is 3.40. The van der Waals surface area contributed by atoms with Gasteiger partial charge in [0.1, 0.15) is 10.5 Å². The maximum Gasteiger partial charge on any atom is 0.129 e. The maximum atomic E-state index is 5.34. The van der Waals surface area contributed by atoms with E-state index >= 15 is 0 Å². The minimum Gasteiger partial charge on any atom is -0.347 e. The molecule has 0 atom stereocenters. The van der Waals surface area contributed by atoms with Gasteiger partial charge in [-0.25, -0.2) is 4.98 Å². The third-order valence-corrected chi connectivity index (χ3v) is 4.58. The third-order valence-electron chi connectivity index (χ3n) is 4.38. The molecule has 2 nitrogen and oxygen atoms in total. The van der Waals surface area contributed by atoms with E-state index in [1.54, 1.807) is 0 Å². The minimum absolute atomic E-state index is 0.594. The van der Waals surface area contributed by atoms with Gasteiger partial charge in [0.2, 0.25) is 0 Å². The number of H-pyrrole nitrogens is 1. The first-order chi connectivity index (χ1) is 9.58. The van der Waals surface area contributed by atoms with Crippen molar-refractivity contribution < 1.29 is 0 Å². The molecule has 1 aliphatic rings. The van der Waals surface area contributed by atoms with E-state index < -0.39 is 0 Å². The molecule has 1 aromatic rings. The number of rotatable bonds is 5. The molecule has 1 fully saturated rings. The molecule has 112 valence electrons. The smallest absolute Gasteiger partial charge is 0.129 e. The van der Waals surface area contributed by atoms with Crippen LogP contribution in [0.25, 0.3) is 0 Å². The van der Waals surface area contributed by atoms with E-state index in [0.29, 0.717) is 11.8 Å². The second-order valence-electron chi connectivity index (χ2n) is 6.73. The molecule has 0 bridgehead atoms. The first kappa shape index (κ1) is 15.7. The van der Waals surface area contributed by atoms with Crippen molar-refractivity contribution in [3.63, 3.8) is 0 Å². The normalized spacial score (nSPS) is 23.2. The average Bonchev–Trinajstić information content (AvgIpc) is 2.38. The fraction of sp³-hybridized carbons (Fsp3) is 0.765. The molecule has 0 radical (unpaired) electrons. The van der Waals surface area contributed by atoms with E-state index in [2.05, 4.69) is 30.7 Å². The first-order valence-corrected chi connectivity index (χ1v) is 8.59. The number of hydrogen-bond donors (Lipinski definition) is 1. The van der Waals surface area contributed by atoms with Crippen LogP contribution in [0.4, 0.5) is 0 Å². The molecule has 0 aromatic carbocycles. The highest BCUT2D eigenvalue weighted by molar-refractivity contribution is 7.71. The van der Waals surface area contributed by atoms with Crippen LogP contribution in [0.5, 0.6) is 0 Å². The van der Waals surface area contributed by atoms with Gasteiger partial charge in [0.25, 0.3) is 0 Å². The number of hydrogen-bond acceptors (Lipinski definition) is 2. The quantitative estimate of drug-likeness (QED) is 0.735. The predicted octanol–water partition coefficient (Wildman–Crippen LogP) is 5.41. The summed E-state index contributed by atoms with van der Waals surface area (Å²) in [5.74, 6) is 3.33. The molecule has 0 saturated heterocycles. The SMILES string of the molecule is CCCC1CCC(c2nc(=S)cc(CC(C)C)[nH]2)CC1. The van der Waals surface area contributed by atoms with Crippen LogP contribution >= 0.6 is 12.2 Å². The second-order valence-corrected chi connectivity index (χ2v) is 7.15. The average molecular weight is 292 g/mol. The number of nitrogens with one attached hydrogen (secondary N) is 1. The molecule has 1 heterocycles. The number of aromatic amines is 1. The highest BCUT2D eigenvalue weighted by Gasteiger charge is 2.23. The lowest BCUT2D eigenvalue weighted by molar-refractivity contribution is 0.302. The van der Waals surface area contributed by atoms with Gasteiger partial charge in [-0.2, -0.15) is 0 Å². The summed E-state index contributed by atoms with van der Waals surface area (Å²) in [5, 5.41) is 0. The van der Waals surface area contributed by atoms with Crippen LogP contribution < -0.4 is 0 Å². The van der Waals surface area contributed by atoms with Crippen molar-refractivity contribution in [2.45, 2.75) is 71.6 Å². The molecule has 1 aliphatic carbocycles. The van der Waals surface area contributed by atoms with Crippen molar-refractivity contribution in [2.24, 2.45) is 11.8 Å². The van der Waals surface area contributed by atoms with Crippen LogP contribution in [0.2, 0.25) is 0 Å². The van der Waals surface area contributed by atoms with Gasteiger partial charge in [-0.15, -0.1) is 0 Å². The molecular weight excluding hydrogens is 264 g/mol. The van der Waals surface area contributed by atoms with Crippen LogP contribution in [-0.2, 0) is 6.42 Å². The zero-order valence-corrected chi connectivity index (χ0v) is 13.9. The van der Waals surface area contributed by atoms with E-state index in [9.17, 15) is 0 Å². The Kier molecular flexibility index (Phi) is 5.76. The second kappa shape index (κ2) is 7.35. The van der Waals surface area contributed by atoms with Crippen molar-refractivity contribution in [1.82, 2.24) is 9.97 Å². The number of nitrogens with zero attached hydrogens (tertiary/aromatic N) is 1. The topological polar surface area (TPSA) is 28.7 Å². The highest BCUT2D eigenvalue weighted by Crippen LogP contribution is 2.36. The molecule has 20 heavy (non-hydrogen) atoms. The predicted molar refractivity (Wildman–Crippen MR) is 87.6 cm³/mol. The van der Waals surface area contributed by atoms with Gasteiger partial charge in [-0.05, 0) is 50.0 Å². The maximum absolute atomic E-state index is 5.34. The molecule has 0 aliphatic heterocycles. The molecule has 0 amide bonds. The van der Waals surface area contributed by atoms with Crippen LogP contribution in [0.15, 0.2) is 6.07 Å². The lowest BCUT2D eigenvalue weighted by atomic mass is 9.80. The van der Waals surface area contributed by atoms with Gasteiger partial charge in [-0.3, -0.25) is 0 Å². The fourth-order valence-corrected chi connectivity index (χ4v) is 3.65. The van der Waals surface area contributed by atoms with Gasteiger partial charge in [-0.1, -0.05) is 45.8 Å². The molecule has 1 N–H and O–H groups in total. The monoisotopic (exact) mass is 292 g/mol. The summed E-state index contributed by atoms with van der Waals surface area (Å²) < 4.78 is 0.755. The summed E-state index contributed by atoms with van der Waals surface area (Å²) in [6, 6.07) is 2.03. The van der Waals surface area contributed by atoms with Crippen LogP contribution in [-0.4, -0.2) is 9.97 Å². The van der Waals surface area contributed by atoms with Crippen molar-refractivity contribution >= 4 is 12.2 Å². The minimum atomic E-state index is 0.594. The van der Waals surface area contributed by atoms with Crippen LogP contribution in [0.1, 0.15) is 76.7 Å². The Bertz CT molecular complexity index is 470. The molecule has 0 unspecified atom stereocenters. The highest BCUT2D eigenvalue weighted by atomic mass is 32.1. The van der Waals surface area contributed by atoms with Gasteiger partial charge >= 0.3 is 0 Å². The lowest BCUT2D eigenvalue weighted by Crippen LogP contribution is -2.16. The summed E-state index contributed by atoms with van der Waals surface area (Å²) in [4.78, 5) is 8.15. The van der Waals surface area contributed by atoms with Crippen molar-refractivity contribution in [3.8, 4) is 0 Å². The Hall–Kier alpha value is -0.700. The zero-order valence-electron chi connectivity index (χ0n) is 13.1. The Balaban J connectivity index is 2.06. The van der Waals surface area contributed by atoms with Crippen molar-refractivity contribution in [2.75, 3.05) is 0 Å². The zero-order chi connectivity index (χ0) is 14.5. The Morgan fingerprint density at radius 1 is 1.30 bits per heavy atom. The molecule has 0 spiro atoms. The molecule has 3 heteroatoms. The Morgan fingerprint density at radius 2 is 2.00 bits per heavy atom. The Labute approximate surface area is 128 Å². The van der Waals surface area contributed by atoms with Crippen LogP contribution in [0.3, 0.4) is 0 Å². The summed E-state index contributed by atoms with van der Waals surface area (Å²) in [6.07, 6.45) is 9.03. The van der Waals surface area contributed by atoms with Gasteiger partial charge in [0.05, 0.1) is 0 Å². The van der Waals surface area contributed by atoms with Crippen molar-refractivity contribution in [3.05, 3.63) is 22.2 Å².